The van der Waals surface area contributed by atoms with Crippen molar-refractivity contribution in [2.45, 2.75) is 18.9 Å². The summed E-state index contributed by atoms with van der Waals surface area (Å²) in [4.78, 5) is 43.8. The quantitative estimate of drug-likeness (QED) is 0.255. The third-order valence-corrected chi connectivity index (χ3v) is 7.75. The molecule has 43 heavy (non-hydrogen) atoms. The molecule has 218 valence electrons. The monoisotopic (exact) mass is 594 g/mol. The van der Waals surface area contributed by atoms with E-state index in [1.54, 1.807) is 30.7 Å². The highest BCUT2D eigenvalue weighted by atomic mass is 32.1. The fourth-order valence-electron chi connectivity index (χ4n) is 5.19. The van der Waals surface area contributed by atoms with Crippen molar-refractivity contribution in [3.63, 3.8) is 0 Å². The zero-order valence-corrected chi connectivity index (χ0v) is 24.5. The lowest BCUT2D eigenvalue weighted by Gasteiger charge is -2.22. The largest absolute Gasteiger partial charge is 0.382 e. The Morgan fingerprint density at radius 3 is 2.79 bits per heavy atom. The molecule has 4 aromatic heterocycles. The second-order valence-electron chi connectivity index (χ2n) is 10.5. The molecule has 1 atom stereocenters. The molecule has 3 N–H and O–H groups in total. The molecule has 0 saturated carbocycles. The number of anilines is 2. The Morgan fingerprint density at radius 1 is 1.19 bits per heavy atom. The lowest BCUT2D eigenvalue weighted by Crippen LogP contribution is -2.30. The number of likely N-dealkylation sites (tertiary alicyclic amines) is 1. The van der Waals surface area contributed by atoms with Crippen molar-refractivity contribution in [3.8, 4) is 22.5 Å². The Kier molecular flexibility index (Phi) is 7.90. The highest BCUT2D eigenvalue weighted by Gasteiger charge is 2.33. The van der Waals surface area contributed by atoms with Crippen molar-refractivity contribution >= 4 is 40.4 Å². The fourth-order valence-corrected chi connectivity index (χ4v) is 5.66. The van der Waals surface area contributed by atoms with Gasteiger partial charge in [0.25, 0.3) is 5.91 Å². The number of nitrogens with two attached hydrogens (primary N) is 1. The first-order valence-corrected chi connectivity index (χ1v) is 14.6. The highest BCUT2D eigenvalue weighted by Crippen LogP contribution is 2.36. The van der Waals surface area contributed by atoms with Crippen LogP contribution in [-0.4, -0.2) is 77.7 Å². The molecule has 0 spiro atoms. The predicted molar refractivity (Wildman–Crippen MR) is 165 cm³/mol. The van der Waals surface area contributed by atoms with Gasteiger partial charge in [0, 0.05) is 66.1 Å². The first-order valence-electron chi connectivity index (χ1n) is 13.8. The summed E-state index contributed by atoms with van der Waals surface area (Å²) in [6.45, 7) is 1.31. The third-order valence-electron chi connectivity index (χ3n) is 7.25. The van der Waals surface area contributed by atoms with Gasteiger partial charge in [-0.25, -0.2) is 9.97 Å². The molecular formula is C30H30N10O2S. The van der Waals surface area contributed by atoms with Crippen LogP contribution in [-0.2, 0) is 4.79 Å². The third kappa shape index (κ3) is 5.85. The van der Waals surface area contributed by atoms with Gasteiger partial charge in [-0.05, 0) is 56.7 Å². The summed E-state index contributed by atoms with van der Waals surface area (Å²) in [5.41, 5.74) is 10.8. The van der Waals surface area contributed by atoms with Crippen LogP contribution in [0.15, 0.2) is 72.7 Å². The van der Waals surface area contributed by atoms with Crippen molar-refractivity contribution in [2.75, 3.05) is 38.2 Å². The van der Waals surface area contributed by atoms with Gasteiger partial charge in [-0.1, -0.05) is 22.7 Å². The van der Waals surface area contributed by atoms with Crippen LogP contribution < -0.4 is 11.1 Å². The van der Waals surface area contributed by atoms with Gasteiger partial charge in [0.1, 0.15) is 28.5 Å². The van der Waals surface area contributed by atoms with Gasteiger partial charge in [0.2, 0.25) is 5.91 Å². The number of nitrogens with one attached hydrogen (secondary N) is 1. The minimum Gasteiger partial charge on any atom is -0.382 e. The number of nitrogen functional groups attached to an aromatic ring is 1. The van der Waals surface area contributed by atoms with Gasteiger partial charge >= 0.3 is 0 Å². The van der Waals surface area contributed by atoms with Crippen molar-refractivity contribution in [2.24, 2.45) is 0 Å². The van der Waals surface area contributed by atoms with Crippen LogP contribution in [0.4, 0.5) is 11.5 Å². The molecule has 0 radical (unpaired) electrons. The number of imidazole rings is 1. The second-order valence-corrected chi connectivity index (χ2v) is 11.1. The van der Waals surface area contributed by atoms with Gasteiger partial charge in [-0.3, -0.25) is 19.0 Å². The van der Waals surface area contributed by atoms with Crippen LogP contribution in [0.5, 0.6) is 0 Å². The zero-order chi connectivity index (χ0) is 29.9. The minimum atomic E-state index is -0.315. The number of hydrogen-bond acceptors (Lipinski definition) is 10. The number of aromatic nitrogens is 6. The fraction of sp³-hybridized carbons (Fsp3) is 0.233. The number of likely N-dealkylation sites (N-methyl/N-ethyl adjacent to an activating group) is 1. The molecule has 12 nitrogen and oxygen atoms in total. The van der Waals surface area contributed by atoms with Gasteiger partial charge in [0.05, 0.1) is 11.6 Å². The number of carbonyl (C=O) groups excluding carboxylic acids is 2. The molecule has 0 unspecified atom stereocenters. The van der Waals surface area contributed by atoms with Gasteiger partial charge in [-0.15, -0.1) is 5.10 Å². The van der Waals surface area contributed by atoms with Gasteiger partial charge in [0.15, 0.2) is 0 Å². The van der Waals surface area contributed by atoms with Crippen molar-refractivity contribution in [3.05, 3.63) is 84.0 Å². The van der Waals surface area contributed by atoms with E-state index < -0.39 is 0 Å². The minimum absolute atomic E-state index is 0.0544. The molecule has 1 aliphatic rings. The van der Waals surface area contributed by atoms with Crippen LogP contribution in [0, 0.1) is 0 Å². The molecule has 1 saturated heterocycles. The van der Waals surface area contributed by atoms with Crippen molar-refractivity contribution in [1.29, 1.82) is 0 Å². The maximum absolute atomic E-state index is 13.2. The molecule has 1 aromatic carbocycles. The van der Waals surface area contributed by atoms with E-state index in [0.29, 0.717) is 52.8 Å². The number of amides is 2. The molecule has 0 bridgehead atoms. The van der Waals surface area contributed by atoms with E-state index in [1.165, 1.54) is 17.7 Å². The van der Waals surface area contributed by atoms with E-state index in [-0.39, 0.29) is 17.9 Å². The van der Waals surface area contributed by atoms with Crippen LogP contribution >= 0.6 is 11.5 Å². The summed E-state index contributed by atoms with van der Waals surface area (Å²) in [6.07, 6.45) is 11.7. The number of pyridine rings is 1. The molecule has 13 heteroatoms. The maximum Gasteiger partial charge on any atom is 0.257 e. The summed E-state index contributed by atoms with van der Waals surface area (Å²) >= 11 is 1.28. The highest BCUT2D eigenvalue weighted by molar-refractivity contribution is 7.03. The van der Waals surface area contributed by atoms with Gasteiger partial charge in [-0.2, -0.15) is 0 Å². The SMILES string of the molecule is CN(C)C/C=C/C(=O)N1CCC[C@H]1c1nc(-c2cncc(C(=O)Nc3ccc(-c4csnn4)cc3)c2)c2c(N)nccn12. The summed E-state index contributed by atoms with van der Waals surface area (Å²) in [7, 11) is 3.91. The lowest BCUT2D eigenvalue weighted by atomic mass is 10.1. The number of rotatable bonds is 8. The van der Waals surface area contributed by atoms with E-state index in [9.17, 15) is 9.59 Å². The average molecular weight is 595 g/mol. The summed E-state index contributed by atoms with van der Waals surface area (Å²) in [5.74, 6) is 0.616. The smallest absolute Gasteiger partial charge is 0.257 e. The second kappa shape index (κ2) is 12.1. The topological polar surface area (TPSA) is 148 Å². The van der Waals surface area contributed by atoms with E-state index in [2.05, 4.69) is 24.9 Å². The number of hydrogen-bond donors (Lipinski definition) is 2. The molecule has 2 amide bonds. The standard InChI is InChI=1S/C30H30N10O2S/c1-38(2)12-4-6-25(41)39-13-3-5-24(39)29-35-26(27-28(31)33-11-14-40(27)29)20-15-21(17-32-16-20)30(42)34-22-9-7-19(8-10-22)23-18-43-37-36-23/h4,6-11,14-18,24H,3,5,12-13H2,1-2H3,(H2,31,33)(H,34,42)/b6-4+/t24-/m0/s1. The number of carbonyl (C=O) groups is 2. The van der Waals surface area contributed by atoms with E-state index in [0.717, 1.165) is 24.1 Å². The first-order chi connectivity index (χ1) is 20.9. The molecule has 5 heterocycles. The summed E-state index contributed by atoms with van der Waals surface area (Å²) in [5, 5.41) is 8.86. The Balaban J connectivity index is 1.29. The van der Waals surface area contributed by atoms with E-state index in [4.69, 9.17) is 10.7 Å². The molecular weight excluding hydrogens is 564 g/mol. The molecule has 1 aliphatic heterocycles. The Bertz CT molecular complexity index is 1800. The number of benzene rings is 1. The lowest BCUT2D eigenvalue weighted by molar-refractivity contribution is -0.127. The number of fused-ring (bicyclic) bond motifs is 1. The normalized spacial score (nSPS) is 15.1. The maximum atomic E-state index is 13.2. The molecule has 0 aliphatic carbocycles. The average Bonchev–Trinajstić information content (AvgIpc) is 3.78. The molecule has 1 fully saturated rings. The molecule has 5 aromatic rings. The van der Waals surface area contributed by atoms with Crippen LogP contribution in [0.25, 0.3) is 28.0 Å². The zero-order valence-electron chi connectivity index (χ0n) is 23.7. The van der Waals surface area contributed by atoms with Crippen LogP contribution in [0.1, 0.15) is 35.1 Å². The predicted octanol–water partition coefficient (Wildman–Crippen LogP) is 3.93. The molecule has 6 rings (SSSR count). The van der Waals surface area contributed by atoms with Crippen molar-refractivity contribution in [1.82, 2.24) is 38.7 Å². The number of nitrogens with zero attached hydrogens (tertiary/aromatic N) is 8. The Hall–Kier alpha value is -5.01. The van der Waals surface area contributed by atoms with Crippen molar-refractivity contribution < 1.29 is 9.59 Å². The van der Waals surface area contributed by atoms with Gasteiger partial charge < -0.3 is 20.9 Å². The summed E-state index contributed by atoms with van der Waals surface area (Å²) < 4.78 is 5.79. The van der Waals surface area contributed by atoms with E-state index in [1.807, 2.05) is 64.0 Å². The Labute approximate surface area is 252 Å². The Morgan fingerprint density at radius 2 is 2.02 bits per heavy atom. The van der Waals surface area contributed by atoms with E-state index >= 15 is 0 Å². The summed E-state index contributed by atoms with van der Waals surface area (Å²) in [6, 6.07) is 8.89. The van der Waals surface area contributed by atoms with Crippen LogP contribution in [0.3, 0.4) is 0 Å². The van der Waals surface area contributed by atoms with Crippen LogP contribution in [0.2, 0.25) is 0 Å². The first kappa shape index (κ1) is 28.1.